The second kappa shape index (κ2) is 20.2. The molecule has 0 spiro atoms. The molecule has 264 valence electrons. The largest absolute Gasteiger partial charge is 0.778 e. The lowest BCUT2D eigenvalue weighted by atomic mass is 9.95. The molecule has 1 saturated heterocycles. The van der Waals surface area contributed by atoms with E-state index in [0.717, 1.165) is 5.56 Å². The van der Waals surface area contributed by atoms with Gasteiger partial charge in [0.25, 0.3) is 11.6 Å². The van der Waals surface area contributed by atoms with E-state index in [1.165, 1.54) is 17.2 Å². The highest BCUT2D eigenvalue weighted by Gasteiger charge is 2.40. The average Bonchev–Trinajstić information content (AvgIpc) is 3.23. The number of nitrogens with one attached hydrogen (secondary N) is 1. The molecular formula is C30H39Cl2N4O10PS. The van der Waals surface area contributed by atoms with Crippen molar-refractivity contribution in [3.8, 4) is 11.5 Å². The van der Waals surface area contributed by atoms with Crippen molar-refractivity contribution < 1.29 is 43.5 Å². The van der Waals surface area contributed by atoms with Crippen molar-refractivity contribution in [1.82, 2.24) is 10.4 Å². The van der Waals surface area contributed by atoms with Gasteiger partial charge in [0, 0.05) is 11.1 Å². The smallest absolute Gasteiger partial charge is 0.317 e. The summed E-state index contributed by atoms with van der Waals surface area (Å²) >= 11 is 12.0. The first-order valence-electron chi connectivity index (χ1n) is 13.8. The lowest BCUT2D eigenvalue weighted by molar-refractivity contribution is -0.383. The van der Waals surface area contributed by atoms with E-state index in [2.05, 4.69) is 18.8 Å². The van der Waals surface area contributed by atoms with Crippen LogP contribution in [0.15, 0.2) is 66.7 Å². The molecule has 1 fully saturated rings. The maximum atomic E-state index is 11.9. The first-order valence-corrected chi connectivity index (χ1v) is 18.8. The molecule has 1 aliphatic rings. The van der Waals surface area contributed by atoms with Crippen LogP contribution in [0.1, 0.15) is 19.4 Å². The lowest BCUT2D eigenvalue weighted by Gasteiger charge is -2.16. The number of aliphatic carboxylic acids is 1. The fourth-order valence-electron chi connectivity index (χ4n) is 3.32. The minimum absolute atomic E-state index is 0.00687. The lowest BCUT2D eigenvalue weighted by Crippen LogP contribution is -2.30. The van der Waals surface area contributed by atoms with Crippen LogP contribution in [0.4, 0.5) is 11.4 Å². The fraction of sp³-hybridized carbons (Fsp3) is 0.333. The number of carbonyl (C=O) groups excluding carboxylic acids is 1. The molecule has 48 heavy (non-hydrogen) atoms. The zero-order valence-corrected chi connectivity index (χ0v) is 30.1. The predicted octanol–water partition coefficient (Wildman–Crippen LogP) is 4.92. The predicted molar refractivity (Wildman–Crippen MR) is 186 cm³/mol. The fourth-order valence-corrected chi connectivity index (χ4v) is 4.10. The zero-order chi connectivity index (χ0) is 36.7. The molecule has 18 heteroatoms. The van der Waals surface area contributed by atoms with E-state index in [1.807, 2.05) is 49.5 Å². The number of hydroxylamine groups is 2. The Morgan fingerprint density at radius 1 is 1.12 bits per heavy atom. The van der Waals surface area contributed by atoms with Crippen molar-refractivity contribution in [2.75, 3.05) is 43.9 Å². The molecule has 1 unspecified atom stereocenters. The summed E-state index contributed by atoms with van der Waals surface area (Å²) in [4.78, 5) is 55.1. The van der Waals surface area contributed by atoms with E-state index < -0.39 is 36.7 Å². The third-order valence-electron chi connectivity index (χ3n) is 5.54. The summed E-state index contributed by atoms with van der Waals surface area (Å²) in [7, 11) is -3.71. The Hall–Kier alpha value is -3.40. The summed E-state index contributed by atoms with van der Waals surface area (Å²) in [5, 5.41) is 22.7. The van der Waals surface area contributed by atoms with E-state index in [0.29, 0.717) is 34.8 Å². The minimum atomic E-state index is -4.35. The van der Waals surface area contributed by atoms with Gasteiger partial charge in [0.15, 0.2) is 0 Å². The van der Waals surface area contributed by atoms with Crippen LogP contribution in [0.2, 0.25) is 10.0 Å². The number of hydrogen-bond acceptors (Lipinski definition) is 10. The van der Waals surface area contributed by atoms with Crippen LogP contribution in [0.25, 0.3) is 0 Å². The van der Waals surface area contributed by atoms with Crippen molar-refractivity contribution in [1.29, 1.82) is 0 Å². The highest BCUT2D eigenvalue weighted by molar-refractivity contribution is 7.94. The molecule has 0 bridgehead atoms. The molecule has 0 radical (unpaired) electrons. The molecular weight excluding hydrogens is 710 g/mol. The Bertz CT molecular complexity index is 1560. The van der Waals surface area contributed by atoms with Gasteiger partial charge in [-0.15, -0.1) is 0 Å². The molecule has 3 aromatic carbocycles. The number of nitro benzene ring substituents is 1. The molecule has 3 aromatic rings. The Balaban J connectivity index is 0.000000353. The summed E-state index contributed by atoms with van der Waals surface area (Å²) < 4.78 is 15.4. The summed E-state index contributed by atoms with van der Waals surface area (Å²) in [5.74, 6) is -0.306. The van der Waals surface area contributed by atoms with Crippen molar-refractivity contribution in [3.05, 3.63) is 92.5 Å². The Labute approximate surface area is 291 Å². The van der Waals surface area contributed by atoms with Gasteiger partial charge in [0.1, 0.15) is 29.8 Å². The van der Waals surface area contributed by atoms with Gasteiger partial charge >= 0.3 is 5.97 Å². The molecule has 1 aliphatic heterocycles. The van der Waals surface area contributed by atoms with Gasteiger partial charge in [0.2, 0.25) is 0 Å². The number of benzene rings is 3. The standard InChI is InChI=1S/C12H9ClN2O3.C12H14ClNO2.C3H8NO5P.C3H9S/c13-11-10(18-8-4-2-1-3-5-8)7-6-9(12(11)14)15(16)17;1-12(2)8-16-14(11(12)15)7-9-5-3-4-6-10(9)13;5-3(6)1-4-2-10(7,8)9;1-4(2)3/h1-7H,14H2;3-6H,7-8H2,1-2H3;4H,1-2H2,(H,5,6)(H2,7,8,9);1-3H3/q;;;+1/p-1. The van der Waals surface area contributed by atoms with Gasteiger partial charge in [-0.05, 0) is 54.6 Å². The van der Waals surface area contributed by atoms with Gasteiger partial charge in [-0.3, -0.25) is 29.9 Å². The number of nitrogens with two attached hydrogens (primary N) is 1. The maximum absolute atomic E-state index is 11.9. The number of rotatable bonds is 9. The molecule has 0 aliphatic carbocycles. The third-order valence-corrected chi connectivity index (χ3v) is 6.92. The zero-order valence-electron chi connectivity index (χ0n) is 26.9. The minimum Gasteiger partial charge on any atom is -0.778 e. The molecule has 0 aromatic heterocycles. The molecule has 1 heterocycles. The van der Waals surface area contributed by atoms with Crippen LogP contribution in [0, 0.1) is 15.5 Å². The molecule has 1 amide bonds. The number of halogens is 2. The van der Waals surface area contributed by atoms with Gasteiger partial charge in [-0.1, -0.05) is 59.6 Å². The highest BCUT2D eigenvalue weighted by Crippen LogP contribution is 2.38. The number of hydrogen-bond donors (Lipinski definition) is 4. The van der Waals surface area contributed by atoms with Gasteiger partial charge in [-0.25, -0.2) is 5.06 Å². The summed E-state index contributed by atoms with van der Waals surface area (Å²) in [6.07, 6.45) is 5.87. The quantitative estimate of drug-likeness (QED) is 0.0754. The van der Waals surface area contributed by atoms with E-state index in [1.54, 1.807) is 24.3 Å². The van der Waals surface area contributed by atoms with Crippen LogP contribution < -0.4 is 20.7 Å². The number of carbonyl (C=O) groups is 2. The topological polar surface area (TPSA) is 218 Å². The van der Waals surface area contributed by atoms with Crippen LogP contribution in [-0.4, -0.2) is 70.1 Å². The number of ether oxygens (including phenoxy) is 1. The van der Waals surface area contributed by atoms with Crippen molar-refractivity contribution in [2.45, 2.75) is 20.4 Å². The summed E-state index contributed by atoms with van der Waals surface area (Å²) in [6, 6.07) is 19.1. The first-order chi connectivity index (χ1) is 22.2. The van der Waals surface area contributed by atoms with Gasteiger partial charge < -0.3 is 29.9 Å². The summed E-state index contributed by atoms with van der Waals surface area (Å²) in [6.45, 7) is 4.11. The number of nitrogen functional groups attached to an aromatic ring is 1. The Kier molecular flexibility index (Phi) is 17.9. The summed E-state index contributed by atoms with van der Waals surface area (Å²) in [5.41, 5.74) is 5.72. The van der Waals surface area contributed by atoms with Gasteiger partial charge in [-0.2, -0.15) is 0 Å². The Morgan fingerprint density at radius 3 is 2.17 bits per heavy atom. The second-order valence-electron chi connectivity index (χ2n) is 10.9. The second-order valence-corrected chi connectivity index (χ2v) is 15.7. The molecule has 4 rings (SSSR count). The maximum Gasteiger partial charge on any atom is 0.317 e. The molecule has 5 N–H and O–H groups in total. The normalized spacial score (nSPS) is 14.3. The van der Waals surface area contributed by atoms with Crippen LogP contribution in [0.3, 0.4) is 0 Å². The molecule has 14 nitrogen and oxygen atoms in total. The van der Waals surface area contributed by atoms with E-state index in [-0.39, 0.29) is 28.1 Å². The van der Waals surface area contributed by atoms with Crippen molar-refractivity contribution in [2.24, 2.45) is 5.41 Å². The van der Waals surface area contributed by atoms with E-state index in [9.17, 15) is 29.2 Å². The number of amides is 1. The SMILES string of the molecule is CC1(C)CON(Cc2ccccc2Cl)C1=O.C[S+](C)C.Nc1c([N+](=O)[O-])ccc(Oc2ccccc2)c1Cl.O=C(O)CNCP(=O)([O-])O. The molecule has 0 saturated carbocycles. The number of nitrogens with zero attached hydrogens (tertiary/aromatic N) is 2. The van der Waals surface area contributed by atoms with E-state index in [4.69, 9.17) is 48.5 Å². The molecule has 1 atom stereocenters. The van der Waals surface area contributed by atoms with Crippen LogP contribution >= 0.6 is 30.8 Å². The van der Waals surface area contributed by atoms with Crippen molar-refractivity contribution >= 4 is 64.9 Å². The average molecular weight is 750 g/mol. The number of carboxylic acid groups (broad SMARTS) is 1. The van der Waals surface area contributed by atoms with Crippen molar-refractivity contribution in [3.63, 3.8) is 0 Å². The van der Waals surface area contributed by atoms with E-state index >= 15 is 0 Å². The van der Waals surface area contributed by atoms with Gasteiger partial charge in [0.05, 0.1) is 55.1 Å². The number of anilines is 1. The van der Waals surface area contributed by atoms with Crippen LogP contribution in [0.5, 0.6) is 11.5 Å². The first kappa shape index (κ1) is 42.6. The number of para-hydroxylation sites is 1. The number of nitro groups is 1. The monoisotopic (exact) mass is 748 g/mol. The van der Waals surface area contributed by atoms with Crippen LogP contribution in [-0.2, 0) is 36.4 Å². The number of carboxylic acids is 1. The third kappa shape index (κ3) is 16.1. The Morgan fingerprint density at radius 2 is 1.69 bits per heavy atom. The highest BCUT2D eigenvalue weighted by atomic mass is 35.5.